The second-order valence-corrected chi connectivity index (χ2v) is 0.561. The predicted molar refractivity (Wildman–Crippen MR) is 25.5 cm³/mol. The lowest BCUT2D eigenvalue weighted by Gasteiger charge is -1.80. The van der Waals surface area contributed by atoms with E-state index in [0.717, 1.165) is 0 Å². The number of nitrogens with zero attached hydrogens (tertiary/aromatic N) is 1. The van der Waals surface area contributed by atoms with Gasteiger partial charge in [-0.1, -0.05) is 5.11 Å². The zero-order valence-corrected chi connectivity index (χ0v) is 4.16. The van der Waals surface area contributed by atoms with Crippen molar-refractivity contribution >= 4 is 19.5 Å². The van der Waals surface area contributed by atoms with Gasteiger partial charge in [0.25, 0.3) is 0 Å². The maximum atomic E-state index is 9.59. The summed E-state index contributed by atoms with van der Waals surface area (Å²) in [5, 5.41) is 2.38. The van der Waals surface area contributed by atoms with Gasteiger partial charge in [-0.25, -0.2) is 10.6 Å². The lowest BCUT2D eigenvalue weighted by molar-refractivity contribution is 0.247. The Morgan fingerprint density at radius 1 is 1.86 bits per heavy atom. The Morgan fingerprint density at radius 2 is 2.29 bits per heavy atom. The fourth-order valence-electron chi connectivity index (χ4n) is 0.0323. The molecule has 0 aliphatic rings. The zero-order chi connectivity index (χ0) is 4.99. The maximum Gasteiger partial charge on any atom is 0.373 e. The molecule has 0 aliphatic carbocycles. The molecule has 2 amide bonds. The number of nitrogens with one attached hydrogen (secondary N) is 2. The summed E-state index contributed by atoms with van der Waals surface area (Å²) in [6.45, 7) is 0. The van der Waals surface area contributed by atoms with Gasteiger partial charge in [-0.2, -0.15) is 5.53 Å². The first kappa shape index (κ1) is 9.63. The maximum absolute atomic E-state index is 9.59. The van der Waals surface area contributed by atoms with Crippen LogP contribution in [0.5, 0.6) is 0 Å². The first-order valence-corrected chi connectivity index (χ1v) is 1.19. The molecule has 0 aromatic rings. The predicted octanol–water partition coefficient (Wildman–Crippen LogP) is 0.249. The highest BCUT2D eigenvalue weighted by Crippen LogP contribution is 1.61. The van der Waals surface area contributed by atoms with Crippen LogP contribution >= 0.6 is 13.5 Å². The highest BCUT2D eigenvalue weighted by molar-refractivity contribution is 7.59. The van der Waals surface area contributed by atoms with Gasteiger partial charge >= 0.3 is 6.03 Å². The first-order valence-electron chi connectivity index (χ1n) is 1.19. The quantitative estimate of drug-likeness (QED) is 0.185. The molecule has 40 valence electrons. The Bertz CT molecular complexity index is 72.1. The van der Waals surface area contributed by atoms with E-state index in [9.17, 15) is 4.79 Å². The number of rotatable bonds is 0. The molecule has 0 atom stereocenters. The zero-order valence-electron chi connectivity index (χ0n) is 3.34. The molecule has 6 heteroatoms. The normalized spacial score (nSPS) is 5.86. The summed E-state index contributed by atoms with van der Waals surface area (Å²) in [5.74, 6) is 4.47. The fraction of sp³-hybridized carbons (Fsp3) is 0. The first-order chi connectivity index (χ1) is 2.81. The minimum Gasteiger partial charge on any atom is -0.273 e. The number of nitrogens with two attached hydrogens (primary N) is 1. The van der Waals surface area contributed by atoms with Gasteiger partial charge in [0, 0.05) is 13.5 Å². The van der Waals surface area contributed by atoms with Crippen LogP contribution in [-0.4, -0.2) is 6.03 Å². The number of carbonyl (C=O) groups is 1. The van der Waals surface area contributed by atoms with Crippen molar-refractivity contribution in [3.05, 3.63) is 0 Å². The topological polar surface area (TPSA) is 91.3 Å². The van der Waals surface area contributed by atoms with E-state index in [0.29, 0.717) is 0 Å². The Morgan fingerprint density at radius 3 is 2.29 bits per heavy atom. The summed E-state index contributed by atoms with van der Waals surface area (Å²) in [6, 6.07) is -0.838. The van der Waals surface area contributed by atoms with Crippen LogP contribution in [0.2, 0.25) is 0 Å². The summed E-state index contributed by atoms with van der Waals surface area (Å²) >= 11 is 0. The monoisotopic (exact) mass is 120 g/mol. The van der Waals surface area contributed by atoms with Crippen LogP contribution in [0.25, 0.3) is 0 Å². The van der Waals surface area contributed by atoms with Gasteiger partial charge in [0.1, 0.15) is 0 Å². The van der Waals surface area contributed by atoms with E-state index in [4.69, 9.17) is 5.53 Å². The molecule has 0 unspecified atom stereocenters. The number of hydrogen-bond acceptors (Lipinski definition) is 3. The van der Waals surface area contributed by atoms with Gasteiger partial charge in [-0.15, -0.1) is 0 Å². The lowest BCUT2D eigenvalue weighted by Crippen LogP contribution is -2.26. The van der Waals surface area contributed by atoms with E-state index >= 15 is 0 Å². The number of hydrogen-bond donors (Lipinski definition) is 3. The molecule has 0 saturated carbocycles. The van der Waals surface area contributed by atoms with Crippen molar-refractivity contribution in [3.63, 3.8) is 0 Å². The molecule has 0 rings (SSSR count). The Balaban J connectivity index is 0. The van der Waals surface area contributed by atoms with Crippen LogP contribution in [-0.2, 0) is 0 Å². The third kappa shape index (κ3) is 5.38. The largest absolute Gasteiger partial charge is 0.373 e. The van der Waals surface area contributed by atoms with Crippen molar-refractivity contribution < 1.29 is 4.79 Å². The second kappa shape index (κ2) is 5.38. The van der Waals surface area contributed by atoms with Crippen molar-refractivity contribution in [1.29, 1.82) is 5.53 Å². The molecule has 0 saturated heterocycles. The molecule has 0 aliphatic heterocycles. The summed E-state index contributed by atoms with van der Waals surface area (Å²) in [4.78, 5) is 9.59. The highest BCUT2D eigenvalue weighted by atomic mass is 32.1. The average molecular weight is 120 g/mol. The molecule has 0 fully saturated rings. The third-order valence-electron chi connectivity index (χ3n) is 0.225. The Hall–Kier alpha value is -0.620. The van der Waals surface area contributed by atoms with Crippen molar-refractivity contribution in [3.8, 4) is 0 Å². The van der Waals surface area contributed by atoms with Crippen LogP contribution in [0.15, 0.2) is 5.11 Å². The standard InChI is InChI=1S/CH4N4O.S/c2-4-1(6)5-3;/h2H,3H2,(H,5,6);. The molecule has 4 N–H and O–H groups in total. The molecule has 0 aromatic carbocycles. The molecule has 5 nitrogen and oxygen atoms in total. The number of hydrazine groups is 1. The van der Waals surface area contributed by atoms with Crippen LogP contribution in [0.3, 0.4) is 0 Å². The van der Waals surface area contributed by atoms with Gasteiger partial charge in [0.05, 0.1) is 0 Å². The molecule has 7 heavy (non-hydrogen) atoms. The number of amides is 2. The minimum atomic E-state index is -0.838. The minimum absolute atomic E-state index is 0. The second-order valence-electron chi connectivity index (χ2n) is 0.561. The molecular weight excluding hydrogens is 116 g/mol. The summed E-state index contributed by atoms with van der Waals surface area (Å²) in [7, 11) is 0. The Kier molecular flexibility index (Phi) is 7.40. The van der Waals surface area contributed by atoms with Crippen LogP contribution in [0.4, 0.5) is 4.79 Å². The van der Waals surface area contributed by atoms with Gasteiger partial charge in [0.2, 0.25) is 0 Å². The van der Waals surface area contributed by atoms with Crippen LogP contribution < -0.4 is 11.3 Å². The number of urea groups is 1. The van der Waals surface area contributed by atoms with Crippen molar-refractivity contribution in [2.75, 3.05) is 0 Å². The SMILES string of the molecule is N=NC(=O)NN.[S]. The van der Waals surface area contributed by atoms with E-state index < -0.39 is 6.03 Å². The van der Waals surface area contributed by atoms with Gasteiger partial charge in [-0.05, 0) is 0 Å². The van der Waals surface area contributed by atoms with Gasteiger partial charge in [0.15, 0.2) is 0 Å². The molecule has 0 bridgehead atoms. The molecule has 0 aromatic heterocycles. The summed E-state index contributed by atoms with van der Waals surface area (Å²) in [5.41, 5.74) is 7.56. The fourth-order valence-corrected chi connectivity index (χ4v) is 0.0323. The Labute approximate surface area is 47.2 Å². The smallest absolute Gasteiger partial charge is 0.273 e. The molecule has 2 radical (unpaired) electrons. The highest BCUT2D eigenvalue weighted by Gasteiger charge is 1.83. The van der Waals surface area contributed by atoms with Crippen LogP contribution in [0, 0.1) is 5.53 Å². The van der Waals surface area contributed by atoms with E-state index in [1.807, 2.05) is 0 Å². The van der Waals surface area contributed by atoms with E-state index in [1.165, 1.54) is 0 Å². The number of carbonyl (C=O) groups excluding carboxylic acids is 1. The molecule has 0 spiro atoms. The van der Waals surface area contributed by atoms with Crippen molar-refractivity contribution in [1.82, 2.24) is 5.43 Å². The summed E-state index contributed by atoms with van der Waals surface area (Å²) in [6.07, 6.45) is 0. The van der Waals surface area contributed by atoms with E-state index in [2.05, 4.69) is 11.0 Å². The van der Waals surface area contributed by atoms with Crippen molar-refractivity contribution in [2.45, 2.75) is 0 Å². The average Bonchev–Trinajstić information content (AvgIpc) is 1.65. The molecular formula is CH4N4OS. The molecule has 0 heterocycles. The third-order valence-corrected chi connectivity index (χ3v) is 0.225. The van der Waals surface area contributed by atoms with Gasteiger partial charge < -0.3 is 0 Å². The van der Waals surface area contributed by atoms with Gasteiger partial charge in [-0.3, -0.25) is 5.43 Å². The lowest BCUT2D eigenvalue weighted by atomic mass is 11.1. The van der Waals surface area contributed by atoms with Crippen LogP contribution in [0.1, 0.15) is 0 Å². The van der Waals surface area contributed by atoms with E-state index in [1.54, 1.807) is 5.43 Å². The van der Waals surface area contributed by atoms with Crippen molar-refractivity contribution in [2.24, 2.45) is 11.0 Å². The summed E-state index contributed by atoms with van der Waals surface area (Å²) < 4.78 is 0. The van der Waals surface area contributed by atoms with E-state index in [-0.39, 0.29) is 13.5 Å².